The molecule has 1 aromatic carbocycles. The van der Waals surface area contributed by atoms with Gasteiger partial charge in [-0.15, -0.1) is 0 Å². The second-order valence-electron chi connectivity index (χ2n) is 4.89. The van der Waals surface area contributed by atoms with Crippen molar-refractivity contribution in [1.82, 2.24) is 5.32 Å². The summed E-state index contributed by atoms with van der Waals surface area (Å²) >= 11 is 3.36. The summed E-state index contributed by atoms with van der Waals surface area (Å²) in [6.07, 6.45) is 0. The van der Waals surface area contributed by atoms with Crippen molar-refractivity contribution in [3.05, 3.63) is 27.7 Å². The van der Waals surface area contributed by atoms with Crippen LogP contribution in [0.15, 0.2) is 16.6 Å². The first kappa shape index (κ1) is 18.6. The second kappa shape index (κ2) is 8.29. The minimum absolute atomic E-state index is 0.0291. The van der Waals surface area contributed by atoms with E-state index >= 15 is 0 Å². The number of aryl methyl sites for hydroxylation is 1. The van der Waals surface area contributed by atoms with E-state index in [-0.39, 0.29) is 24.1 Å². The topological polar surface area (TPSA) is 21.3 Å². The highest BCUT2D eigenvalue weighted by Gasteiger charge is 2.27. The van der Waals surface area contributed by atoms with Gasteiger partial charge in [0.15, 0.2) is 0 Å². The average Bonchev–Trinajstić information content (AvgIpc) is 2.32. The van der Waals surface area contributed by atoms with Crippen molar-refractivity contribution in [2.75, 3.05) is 12.4 Å². The van der Waals surface area contributed by atoms with Crippen LogP contribution in [0.4, 0.5) is 13.2 Å². The van der Waals surface area contributed by atoms with Gasteiger partial charge in [0.2, 0.25) is 0 Å². The zero-order chi connectivity index (χ0) is 16.0. The lowest BCUT2D eigenvalue weighted by atomic mass is 10.1. The molecule has 0 radical (unpaired) electrons. The number of hydrogen-bond acceptors (Lipinski definition) is 3. The van der Waals surface area contributed by atoms with Crippen LogP contribution in [0, 0.1) is 6.92 Å². The van der Waals surface area contributed by atoms with Crippen LogP contribution in [-0.2, 0) is 6.54 Å². The molecule has 0 heterocycles. The molecule has 120 valence electrons. The predicted molar refractivity (Wildman–Crippen MR) is 84.9 cm³/mol. The molecule has 0 spiro atoms. The van der Waals surface area contributed by atoms with E-state index in [1.54, 1.807) is 0 Å². The SMILES string of the molecule is Cc1cc(Br)cc(CNC(C)C)c1OCCSC(F)(F)F. The van der Waals surface area contributed by atoms with Crippen LogP contribution in [0.3, 0.4) is 0 Å². The molecule has 0 unspecified atom stereocenters. The summed E-state index contributed by atoms with van der Waals surface area (Å²) in [6, 6.07) is 4.14. The van der Waals surface area contributed by atoms with Gasteiger partial charge in [-0.25, -0.2) is 0 Å². The van der Waals surface area contributed by atoms with Crippen LogP contribution in [-0.4, -0.2) is 23.9 Å². The Bertz CT molecular complexity index is 466. The van der Waals surface area contributed by atoms with Crippen molar-refractivity contribution in [3.8, 4) is 5.75 Å². The molecule has 0 saturated carbocycles. The van der Waals surface area contributed by atoms with Gasteiger partial charge in [0.05, 0.1) is 6.61 Å². The van der Waals surface area contributed by atoms with Gasteiger partial charge >= 0.3 is 5.51 Å². The quantitative estimate of drug-likeness (QED) is 0.675. The molecule has 0 amide bonds. The first-order valence-corrected chi connectivity index (χ1v) is 8.33. The minimum Gasteiger partial charge on any atom is -0.492 e. The molecule has 0 fully saturated rings. The van der Waals surface area contributed by atoms with Crippen LogP contribution < -0.4 is 10.1 Å². The third-order valence-corrected chi connectivity index (χ3v) is 3.77. The lowest BCUT2D eigenvalue weighted by Gasteiger charge is -2.17. The number of nitrogens with one attached hydrogen (secondary N) is 1. The number of rotatable bonds is 7. The molecule has 7 heteroatoms. The molecule has 0 aliphatic rings. The second-order valence-corrected chi connectivity index (χ2v) is 6.96. The molecule has 0 aromatic heterocycles. The summed E-state index contributed by atoms with van der Waals surface area (Å²) in [5.41, 5.74) is -2.37. The van der Waals surface area contributed by atoms with Gasteiger partial charge in [-0.2, -0.15) is 13.2 Å². The highest BCUT2D eigenvalue weighted by Crippen LogP contribution is 2.31. The fourth-order valence-corrected chi connectivity index (χ4v) is 2.77. The van der Waals surface area contributed by atoms with E-state index in [2.05, 4.69) is 21.2 Å². The molecule has 0 bridgehead atoms. The van der Waals surface area contributed by atoms with Crippen LogP contribution >= 0.6 is 27.7 Å². The fourth-order valence-electron chi connectivity index (χ4n) is 1.75. The van der Waals surface area contributed by atoms with Gasteiger partial charge in [-0.1, -0.05) is 29.8 Å². The smallest absolute Gasteiger partial charge is 0.441 e. The molecule has 0 aliphatic heterocycles. The van der Waals surface area contributed by atoms with Crippen LogP contribution in [0.5, 0.6) is 5.75 Å². The van der Waals surface area contributed by atoms with Crippen molar-refractivity contribution in [1.29, 1.82) is 0 Å². The maximum Gasteiger partial charge on any atom is 0.441 e. The lowest BCUT2D eigenvalue weighted by Crippen LogP contribution is -2.22. The van der Waals surface area contributed by atoms with E-state index in [0.29, 0.717) is 18.3 Å². The van der Waals surface area contributed by atoms with Crippen molar-refractivity contribution in [2.45, 2.75) is 38.9 Å². The Labute approximate surface area is 136 Å². The summed E-state index contributed by atoms with van der Waals surface area (Å²) < 4.78 is 42.8. The van der Waals surface area contributed by atoms with Gasteiger partial charge in [-0.05, 0) is 36.4 Å². The summed E-state index contributed by atoms with van der Waals surface area (Å²) in [5, 5.41) is 3.29. The highest BCUT2D eigenvalue weighted by atomic mass is 79.9. The Morgan fingerprint density at radius 1 is 1.33 bits per heavy atom. The molecule has 1 rings (SSSR count). The minimum atomic E-state index is -4.21. The lowest BCUT2D eigenvalue weighted by molar-refractivity contribution is -0.0329. The van der Waals surface area contributed by atoms with Crippen molar-refractivity contribution in [3.63, 3.8) is 0 Å². The standard InChI is InChI=1S/C14H19BrF3NOS/c1-9(2)19-8-11-7-12(15)6-10(3)13(11)20-4-5-21-14(16,17)18/h6-7,9,19H,4-5,8H2,1-3H3. The number of benzene rings is 1. The van der Waals surface area contributed by atoms with Crippen LogP contribution in [0.2, 0.25) is 0 Å². The first-order chi connectivity index (χ1) is 9.69. The Kier molecular flexibility index (Phi) is 7.36. The molecule has 2 nitrogen and oxygen atoms in total. The Balaban J connectivity index is 2.70. The number of halogens is 4. The van der Waals surface area contributed by atoms with Gasteiger partial charge in [-0.3, -0.25) is 0 Å². The fraction of sp³-hybridized carbons (Fsp3) is 0.571. The van der Waals surface area contributed by atoms with E-state index < -0.39 is 5.51 Å². The molecule has 21 heavy (non-hydrogen) atoms. The summed E-state index contributed by atoms with van der Waals surface area (Å²) in [6.45, 7) is 6.59. The van der Waals surface area contributed by atoms with E-state index in [9.17, 15) is 13.2 Å². The third-order valence-electron chi connectivity index (χ3n) is 2.61. The van der Waals surface area contributed by atoms with Crippen molar-refractivity contribution < 1.29 is 17.9 Å². The molecule has 0 aliphatic carbocycles. The highest BCUT2D eigenvalue weighted by molar-refractivity contribution is 9.10. The van der Waals surface area contributed by atoms with E-state index in [1.165, 1.54) is 0 Å². The van der Waals surface area contributed by atoms with Crippen LogP contribution in [0.1, 0.15) is 25.0 Å². The van der Waals surface area contributed by atoms with Crippen molar-refractivity contribution in [2.24, 2.45) is 0 Å². The Morgan fingerprint density at radius 2 is 2.00 bits per heavy atom. The normalized spacial score (nSPS) is 12.0. The molecule has 1 aromatic rings. The Morgan fingerprint density at radius 3 is 2.57 bits per heavy atom. The third kappa shape index (κ3) is 7.42. The molecule has 1 N–H and O–H groups in total. The van der Waals surface area contributed by atoms with Crippen molar-refractivity contribution >= 4 is 27.7 Å². The maximum absolute atomic E-state index is 12.1. The van der Waals surface area contributed by atoms with E-state index in [4.69, 9.17) is 4.74 Å². The first-order valence-electron chi connectivity index (χ1n) is 6.55. The number of hydrogen-bond donors (Lipinski definition) is 1. The van der Waals surface area contributed by atoms with Gasteiger partial charge in [0.25, 0.3) is 0 Å². The van der Waals surface area contributed by atoms with E-state index in [0.717, 1.165) is 15.6 Å². The van der Waals surface area contributed by atoms with Gasteiger partial charge < -0.3 is 10.1 Å². The summed E-state index contributed by atoms with van der Waals surface area (Å²) in [7, 11) is 0. The maximum atomic E-state index is 12.1. The number of ether oxygens (including phenoxy) is 1. The van der Waals surface area contributed by atoms with Gasteiger partial charge in [0, 0.05) is 28.4 Å². The molecular weight excluding hydrogens is 367 g/mol. The largest absolute Gasteiger partial charge is 0.492 e. The predicted octanol–water partition coefficient (Wildman–Crippen LogP) is 4.89. The number of alkyl halides is 3. The summed E-state index contributed by atoms with van der Waals surface area (Å²) in [4.78, 5) is 0. The molecular formula is C14H19BrF3NOS. The van der Waals surface area contributed by atoms with Crippen LogP contribution in [0.25, 0.3) is 0 Å². The summed E-state index contributed by atoms with van der Waals surface area (Å²) in [5.74, 6) is 0.546. The number of thioether (sulfide) groups is 1. The average molecular weight is 386 g/mol. The zero-order valence-electron chi connectivity index (χ0n) is 12.2. The van der Waals surface area contributed by atoms with Gasteiger partial charge in [0.1, 0.15) is 5.75 Å². The molecule has 0 saturated heterocycles. The van der Waals surface area contributed by atoms with E-state index in [1.807, 2.05) is 32.9 Å². The Hall–Kier alpha value is -0.400. The monoisotopic (exact) mass is 385 g/mol. The molecule has 0 atom stereocenters. The zero-order valence-corrected chi connectivity index (χ0v) is 14.6.